The standard InChI is InChI=1S/C11H25N3/c1-10-8-12-9-11(2)14(10)7-5-6-13(3)4/h10-12H,5-9H2,1-4H3/t10-,11-/m0/s1. The number of piperazine rings is 1. The zero-order valence-electron chi connectivity index (χ0n) is 10.1. The van der Waals surface area contributed by atoms with Gasteiger partial charge >= 0.3 is 0 Å². The van der Waals surface area contributed by atoms with Gasteiger partial charge in [0.25, 0.3) is 0 Å². The maximum absolute atomic E-state index is 3.46. The quantitative estimate of drug-likeness (QED) is 0.716. The van der Waals surface area contributed by atoms with E-state index in [1.54, 1.807) is 0 Å². The summed E-state index contributed by atoms with van der Waals surface area (Å²) in [4.78, 5) is 4.89. The van der Waals surface area contributed by atoms with E-state index in [4.69, 9.17) is 0 Å². The molecular weight excluding hydrogens is 174 g/mol. The predicted molar refractivity (Wildman–Crippen MR) is 61.7 cm³/mol. The van der Waals surface area contributed by atoms with Crippen LogP contribution in [0.1, 0.15) is 20.3 Å². The molecule has 1 aliphatic rings. The Morgan fingerprint density at radius 2 is 1.79 bits per heavy atom. The molecule has 14 heavy (non-hydrogen) atoms. The van der Waals surface area contributed by atoms with Crippen LogP contribution in [-0.2, 0) is 0 Å². The number of hydrogen-bond acceptors (Lipinski definition) is 3. The van der Waals surface area contributed by atoms with Crippen LogP contribution in [0.4, 0.5) is 0 Å². The Balaban J connectivity index is 2.26. The lowest BCUT2D eigenvalue weighted by Crippen LogP contribution is -2.55. The number of nitrogens with zero attached hydrogens (tertiary/aromatic N) is 2. The van der Waals surface area contributed by atoms with Gasteiger partial charge in [-0.25, -0.2) is 0 Å². The Bertz CT molecular complexity index is 149. The van der Waals surface area contributed by atoms with E-state index in [9.17, 15) is 0 Å². The molecule has 3 heteroatoms. The second-order valence-corrected chi connectivity index (χ2v) is 4.75. The van der Waals surface area contributed by atoms with Crippen molar-refractivity contribution in [3.8, 4) is 0 Å². The van der Waals surface area contributed by atoms with Gasteiger partial charge in [0.15, 0.2) is 0 Å². The highest BCUT2D eigenvalue weighted by atomic mass is 15.2. The van der Waals surface area contributed by atoms with Crippen LogP contribution in [0.5, 0.6) is 0 Å². The van der Waals surface area contributed by atoms with Gasteiger partial charge in [-0.2, -0.15) is 0 Å². The van der Waals surface area contributed by atoms with Gasteiger partial charge < -0.3 is 10.2 Å². The van der Waals surface area contributed by atoms with Crippen LogP contribution in [0.25, 0.3) is 0 Å². The molecule has 0 aromatic rings. The molecule has 0 amide bonds. The molecule has 1 rings (SSSR count). The Labute approximate surface area is 88.5 Å². The molecule has 2 atom stereocenters. The third-order valence-corrected chi connectivity index (χ3v) is 3.03. The van der Waals surface area contributed by atoms with Crippen molar-refractivity contribution in [1.82, 2.24) is 15.1 Å². The van der Waals surface area contributed by atoms with Gasteiger partial charge in [-0.05, 0) is 40.9 Å². The Morgan fingerprint density at radius 1 is 1.21 bits per heavy atom. The van der Waals surface area contributed by atoms with Crippen LogP contribution in [0.15, 0.2) is 0 Å². The van der Waals surface area contributed by atoms with Crippen molar-refractivity contribution in [3.63, 3.8) is 0 Å². The Morgan fingerprint density at radius 3 is 2.29 bits per heavy atom. The molecule has 1 fully saturated rings. The molecule has 0 aromatic carbocycles. The summed E-state index contributed by atoms with van der Waals surface area (Å²) < 4.78 is 0. The maximum atomic E-state index is 3.46. The van der Waals surface area contributed by atoms with Gasteiger partial charge in [-0.15, -0.1) is 0 Å². The van der Waals surface area contributed by atoms with Crippen LogP contribution < -0.4 is 5.32 Å². The van der Waals surface area contributed by atoms with E-state index >= 15 is 0 Å². The molecule has 1 heterocycles. The van der Waals surface area contributed by atoms with Crippen molar-refractivity contribution in [2.24, 2.45) is 0 Å². The smallest absolute Gasteiger partial charge is 0.0195 e. The van der Waals surface area contributed by atoms with Crippen molar-refractivity contribution < 1.29 is 0 Å². The van der Waals surface area contributed by atoms with Gasteiger partial charge in [0.1, 0.15) is 0 Å². The molecule has 0 spiro atoms. The van der Waals surface area contributed by atoms with E-state index in [2.05, 4.69) is 43.1 Å². The topological polar surface area (TPSA) is 18.5 Å². The van der Waals surface area contributed by atoms with Crippen molar-refractivity contribution >= 4 is 0 Å². The second-order valence-electron chi connectivity index (χ2n) is 4.75. The first-order valence-corrected chi connectivity index (χ1v) is 5.72. The summed E-state index contributed by atoms with van der Waals surface area (Å²) in [5.74, 6) is 0. The SMILES string of the molecule is C[C@H]1CNC[C@H](C)N1CCCN(C)C. The van der Waals surface area contributed by atoms with E-state index in [-0.39, 0.29) is 0 Å². The third-order valence-electron chi connectivity index (χ3n) is 3.03. The molecule has 0 unspecified atom stereocenters. The normalized spacial score (nSPS) is 29.8. The first kappa shape index (κ1) is 12.0. The first-order valence-electron chi connectivity index (χ1n) is 5.72. The summed E-state index contributed by atoms with van der Waals surface area (Å²) in [5, 5.41) is 3.46. The maximum Gasteiger partial charge on any atom is 0.0195 e. The summed E-state index contributed by atoms with van der Waals surface area (Å²) >= 11 is 0. The lowest BCUT2D eigenvalue weighted by atomic mass is 10.1. The molecule has 0 saturated carbocycles. The summed E-state index contributed by atoms with van der Waals surface area (Å²) in [5.41, 5.74) is 0. The zero-order chi connectivity index (χ0) is 10.6. The molecular formula is C11H25N3. The highest BCUT2D eigenvalue weighted by Crippen LogP contribution is 2.09. The van der Waals surface area contributed by atoms with E-state index in [0.717, 1.165) is 13.1 Å². The van der Waals surface area contributed by atoms with Crippen LogP contribution in [-0.4, -0.2) is 62.2 Å². The van der Waals surface area contributed by atoms with Crippen molar-refractivity contribution in [1.29, 1.82) is 0 Å². The van der Waals surface area contributed by atoms with Gasteiger partial charge in [-0.1, -0.05) is 0 Å². The monoisotopic (exact) mass is 199 g/mol. The lowest BCUT2D eigenvalue weighted by molar-refractivity contribution is 0.112. The molecule has 0 radical (unpaired) electrons. The number of nitrogens with one attached hydrogen (secondary N) is 1. The van der Waals surface area contributed by atoms with Gasteiger partial charge in [-0.3, -0.25) is 4.90 Å². The first-order chi connectivity index (χ1) is 6.61. The van der Waals surface area contributed by atoms with Crippen LogP contribution in [0.2, 0.25) is 0 Å². The van der Waals surface area contributed by atoms with Crippen LogP contribution >= 0.6 is 0 Å². The van der Waals surface area contributed by atoms with Gasteiger partial charge in [0.2, 0.25) is 0 Å². The second kappa shape index (κ2) is 5.69. The third kappa shape index (κ3) is 3.56. The molecule has 84 valence electrons. The number of hydrogen-bond donors (Lipinski definition) is 1. The van der Waals surface area contributed by atoms with E-state index in [1.807, 2.05) is 0 Å². The van der Waals surface area contributed by atoms with Crippen molar-refractivity contribution in [2.75, 3.05) is 40.3 Å². The fraction of sp³-hybridized carbons (Fsp3) is 1.00. The van der Waals surface area contributed by atoms with Crippen molar-refractivity contribution in [3.05, 3.63) is 0 Å². The highest BCUT2D eigenvalue weighted by molar-refractivity contribution is 4.82. The van der Waals surface area contributed by atoms with E-state index in [1.165, 1.54) is 19.5 Å². The summed E-state index contributed by atoms with van der Waals surface area (Å²) in [6, 6.07) is 1.39. The molecule has 1 N–H and O–H groups in total. The molecule has 0 bridgehead atoms. The molecule has 0 aliphatic carbocycles. The average Bonchev–Trinajstić information content (AvgIpc) is 2.09. The average molecular weight is 199 g/mol. The fourth-order valence-electron chi connectivity index (χ4n) is 2.18. The largest absolute Gasteiger partial charge is 0.314 e. The zero-order valence-corrected chi connectivity index (χ0v) is 10.1. The highest BCUT2D eigenvalue weighted by Gasteiger charge is 2.23. The lowest BCUT2D eigenvalue weighted by Gasteiger charge is -2.39. The molecule has 3 nitrogen and oxygen atoms in total. The van der Waals surface area contributed by atoms with E-state index < -0.39 is 0 Å². The minimum atomic E-state index is 0.695. The summed E-state index contributed by atoms with van der Waals surface area (Å²) in [7, 11) is 4.29. The van der Waals surface area contributed by atoms with E-state index in [0.29, 0.717) is 12.1 Å². The molecule has 1 saturated heterocycles. The van der Waals surface area contributed by atoms with Crippen molar-refractivity contribution in [2.45, 2.75) is 32.4 Å². The minimum absolute atomic E-state index is 0.695. The Kier molecular flexibility index (Phi) is 4.85. The molecule has 1 aliphatic heterocycles. The fourth-order valence-corrected chi connectivity index (χ4v) is 2.18. The predicted octanol–water partition coefficient (Wildman–Crippen LogP) is 0.620. The summed E-state index contributed by atoms with van der Waals surface area (Å²) in [6.07, 6.45) is 1.28. The minimum Gasteiger partial charge on any atom is -0.314 e. The van der Waals surface area contributed by atoms with Gasteiger partial charge in [0, 0.05) is 31.7 Å². The molecule has 0 aromatic heterocycles. The Hall–Kier alpha value is -0.120. The van der Waals surface area contributed by atoms with Gasteiger partial charge in [0.05, 0.1) is 0 Å². The number of rotatable bonds is 4. The summed E-state index contributed by atoms with van der Waals surface area (Å²) in [6.45, 7) is 9.36. The van der Waals surface area contributed by atoms with Crippen LogP contribution in [0, 0.1) is 0 Å². The van der Waals surface area contributed by atoms with Crippen LogP contribution in [0.3, 0.4) is 0 Å².